The second-order valence-electron chi connectivity index (χ2n) is 6.54. The predicted octanol–water partition coefficient (Wildman–Crippen LogP) is 2.52. The molecule has 4 rings (SSSR count). The first-order valence-corrected chi connectivity index (χ1v) is 9.26. The number of benzene rings is 1. The van der Waals surface area contributed by atoms with E-state index in [9.17, 15) is 9.59 Å². The lowest BCUT2D eigenvalue weighted by molar-refractivity contribution is 0.0683. The van der Waals surface area contributed by atoms with E-state index in [2.05, 4.69) is 15.4 Å². The highest BCUT2D eigenvalue weighted by Crippen LogP contribution is 2.18. The molecular formula is C20H18ClN5O2. The molecule has 0 spiro atoms. The molecule has 0 radical (unpaired) electrons. The number of nitrogens with zero attached hydrogens (tertiary/aromatic N) is 4. The van der Waals surface area contributed by atoms with Crippen molar-refractivity contribution in [2.24, 2.45) is 0 Å². The van der Waals surface area contributed by atoms with Gasteiger partial charge in [-0.3, -0.25) is 19.3 Å². The zero-order valence-corrected chi connectivity index (χ0v) is 15.8. The molecule has 3 heterocycles. The summed E-state index contributed by atoms with van der Waals surface area (Å²) in [5.41, 5.74) is 2.50. The van der Waals surface area contributed by atoms with Crippen LogP contribution in [0.5, 0.6) is 0 Å². The summed E-state index contributed by atoms with van der Waals surface area (Å²) < 4.78 is 1.59. The van der Waals surface area contributed by atoms with Gasteiger partial charge in [0.05, 0.1) is 6.54 Å². The van der Waals surface area contributed by atoms with Crippen molar-refractivity contribution >= 4 is 23.4 Å². The lowest BCUT2D eigenvalue weighted by Crippen LogP contribution is -2.39. The maximum atomic E-state index is 12.8. The minimum absolute atomic E-state index is 0.148. The van der Waals surface area contributed by atoms with Crippen molar-refractivity contribution < 1.29 is 9.59 Å². The van der Waals surface area contributed by atoms with Crippen LogP contribution in [0.3, 0.4) is 0 Å². The van der Waals surface area contributed by atoms with Gasteiger partial charge in [0.1, 0.15) is 5.69 Å². The van der Waals surface area contributed by atoms with Gasteiger partial charge in [0.2, 0.25) is 0 Å². The standard InChI is InChI=1S/C20H18ClN5O2/c21-16-5-1-3-14(9-16)13-25-7-8-26-18(20(25)28)10-17(24-26)19(27)23-12-15-4-2-6-22-11-15/h1-6,9-11H,7-8,12-13H2,(H,23,27). The van der Waals surface area contributed by atoms with Crippen molar-refractivity contribution in [2.75, 3.05) is 6.54 Å². The fraction of sp³-hybridized carbons (Fsp3) is 0.200. The van der Waals surface area contributed by atoms with Gasteiger partial charge in [-0.2, -0.15) is 5.10 Å². The summed E-state index contributed by atoms with van der Waals surface area (Å²) >= 11 is 6.03. The van der Waals surface area contributed by atoms with Gasteiger partial charge in [0, 0.05) is 43.1 Å². The summed E-state index contributed by atoms with van der Waals surface area (Å²) in [7, 11) is 0. The smallest absolute Gasteiger partial charge is 0.272 e. The van der Waals surface area contributed by atoms with Crippen molar-refractivity contribution in [1.82, 2.24) is 25.0 Å². The summed E-state index contributed by atoms with van der Waals surface area (Å²) in [6, 6.07) is 12.7. The molecule has 0 aliphatic carbocycles. The van der Waals surface area contributed by atoms with Crippen LogP contribution in [0.4, 0.5) is 0 Å². The van der Waals surface area contributed by atoms with Crippen molar-refractivity contribution in [1.29, 1.82) is 0 Å². The number of hydrogen-bond donors (Lipinski definition) is 1. The first-order chi connectivity index (χ1) is 13.6. The van der Waals surface area contributed by atoms with Crippen LogP contribution >= 0.6 is 11.6 Å². The number of fused-ring (bicyclic) bond motifs is 1. The Hall–Kier alpha value is -3.19. The van der Waals surface area contributed by atoms with Crippen LogP contribution in [0.25, 0.3) is 0 Å². The molecule has 1 aromatic carbocycles. The highest BCUT2D eigenvalue weighted by molar-refractivity contribution is 6.30. The molecule has 1 aliphatic heterocycles. The van der Waals surface area contributed by atoms with Gasteiger partial charge >= 0.3 is 0 Å². The van der Waals surface area contributed by atoms with Crippen molar-refractivity contribution in [3.8, 4) is 0 Å². The fourth-order valence-electron chi connectivity index (χ4n) is 3.13. The van der Waals surface area contributed by atoms with E-state index in [1.807, 2.05) is 30.3 Å². The molecule has 0 unspecified atom stereocenters. The number of rotatable bonds is 5. The van der Waals surface area contributed by atoms with Crippen molar-refractivity contribution in [3.63, 3.8) is 0 Å². The lowest BCUT2D eigenvalue weighted by atomic mass is 10.2. The quantitative estimate of drug-likeness (QED) is 0.719. The van der Waals surface area contributed by atoms with Crippen LogP contribution in [-0.2, 0) is 19.6 Å². The zero-order valence-electron chi connectivity index (χ0n) is 15.0. The number of halogens is 1. The minimum Gasteiger partial charge on any atom is -0.347 e. The predicted molar refractivity (Wildman–Crippen MR) is 104 cm³/mol. The molecule has 1 N–H and O–H groups in total. The third kappa shape index (κ3) is 3.89. The molecule has 28 heavy (non-hydrogen) atoms. The molecule has 0 saturated carbocycles. The second-order valence-corrected chi connectivity index (χ2v) is 6.97. The molecule has 2 aromatic heterocycles. The monoisotopic (exact) mass is 395 g/mol. The molecule has 1 aliphatic rings. The molecule has 8 heteroatoms. The van der Waals surface area contributed by atoms with Crippen LogP contribution in [0.2, 0.25) is 5.02 Å². The van der Waals surface area contributed by atoms with E-state index in [4.69, 9.17) is 11.6 Å². The first kappa shape index (κ1) is 18.2. The number of nitrogens with one attached hydrogen (secondary N) is 1. The van der Waals surface area contributed by atoms with Crippen molar-refractivity contribution in [2.45, 2.75) is 19.6 Å². The maximum absolute atomic E-state index is 12.8. The average molecular weight is 396 g/mol. The van der Waals surface area contributed by atoms with Gasteiger partial charge in [-0.05, 0) is 29.3 Å². The Morgan fingerprint density at radius 2 is 2.00 bits per heavy atom. The number of hydrogen-bond acceptors (Lipinski definition) is 4. The van der Waals surface area contributed by atoms with Gasteiger partial charge < -0.3 is 10.2 Å². The minimum atomic E-state index is -0.319. The van der Waals surface area contributed by atoms with Gasteiger partial charge in [-0.15, -0.1) is 0 Å². The second kappa shape index (κ2) is 7.82. The number of carbonyl (C=O) groups excluding carboxylic acids is 2. The van der Waals surface area contributed by atoms with Gasteiger partial charge in [0.25, 0.3) is 11.8 Å². The van der Waals surface area contributed by atoms with E-state index >= 15 is 0 Å². The zero-order chi connectivity index (χ0) is 19.5. The highest BCUT2D eigenvalue weighted by Gasteiger charge is 2.27. The molecule has 0 bridgehead atoms. The third-order valence-electron chi connectivity index (χ3n) is 4.54. The van der Waals surface area contributed by atoms with Crippen LogP contribution < -0.4 is 5.32 Å². The highest BCUT2D eigenvalue weighted by atomic mass is 35.5. The summed E-state index contributed by atoms with van der Waals surface area (Å²) in [6.07, 6.45) is 3.37. The Morgan fingerprint density at radius 3 is 2.79 bits per heavy atom. The van der Waals surface area contributed by atoms with E-state index < -0.39 is 0 Å². The number of carbonyl (C=O) groups is 2. The molecule has 0 saturated heterocycles. The summed E-state index contributed by atoms with van der Waals surface area (Å²) in [5, 5.41) is 7.73. The molecule has 0 fully saturated rings. The topological polar surface area (TPSA) is 80.1 Å². The summed E-state index contributed by atoms with van der Waals surface area (Å²) in [6.45, 7) is 1.88. The van der Waals surface area contributed by atoms with Crippen LogP contribution in [0, 0.1) is 0 Å². The Bertz CT molecular complexity index is 1020. The summed E-state index contributed by atoms with van der Waals surface area (Å²) in [4.78, 5) is 31.0. The number of amides is 2. The molecule has 7 nitrogen and oxygen atoms in total. The molecule has 142 valence electrons. The Labute approximate surface area is 166 Å². The van der Waals surface area contributed by atoms with Crippen LogP contribution in [0.1, 0.15) is 32.1 Å². The normalized spacial score (nSPS) is 13.3. The van der Waals surface area contributed by atoms with E-state index in [-0.39, 0.29) is 17.5 Å². The molecule has 3 aromatic rings. The lowest BCUT2D eigenvalue weighted by Gasteiger charge is -2.27. The Morgan fingerprint density at radius 1 is 1.14 bits per heavy atom. The fourth-order valence-corrected chi connectivity index (χ4v) is 3.34. The number of pyridine rings is 1. The van der Waals surface area contributed by atoms with Crippen molar-refractivity contribution in [3.05, 3.63) is 82.4 Å². The van der Waals surface area contributed by atoms with Gasteiger partial charge in [0.15, 0.2) is 5.69 Å². The van der Waals surface area contributed by atoms with E-state index in [0.717, 1.165) is 11.1 Å². The molecule has 2 amide bonds. The van der Waals surface area contributed by atoms with E-state index in [0.29, 0.717) is 36.9 Å². The maximum Gasteiger partial charge on any atom is 0.272 e. The average Bonchev–Trinajstić information content (AvgIpc) is 3.14. The van der Waals surface area contributed by atoms with E-state index in [1.54, 1.807) is 34.1 Å². The SMILES string of the molecule is O=C(NCc1cccnc1)c1cc2n(n1)CCN(Cc1cccc(Cl)c1)C2=O. The van der Waals surface area contributed by atoms with Crippen LogP contribution in [-0.4, -0.2) is 38.0 Å². The van der Waals surface area contributed by atoms with E-state index in [1.165, 1.54) is 0 Å². The summed E-state index contributed by atoms with van der Waals surface area (Å²) in [5.74, 6) is -0.468. The third-order valence-corrected chi connectivity index (χ3v) is 4.77. The Balaban J connectivity index is 1.45. The van der Waals surface area contributed by atoms with Gasteiger partial charge in [-0.1, -0.05) is 29.8 Å². The van der Waals surface area contributed by atoms with Crippen LogP contribution in [0.15, 0.2) is 54.9 Å². The molecular weight excluding hydrogens is 378 g/mol. The first-order valence-electron chi connectivity index (χ1n) is 8.89. The number of aromatic nitrogens is 3. The van der Waals surface area contributed by atoms with Gasteiger partial charge in [-0.25, -0.2) is 0 Å². The molecule has 0 atom stereocenters. The largest absolute Gasteiger partial charge is 0.347 e. The Kier molecular flexibility index (Phi) is 5.08.